The fourth-order valence-electron chi connectivity index (χ4n) is 3.64. The van der Waals surface area contributed by atoms with E-state index in [1.54, 1.807) is 18.3 Å². The molecule has 158 valence electrons. The monoisotopic (exact) mass is 436 g/mol. The molecule has 7 nitrogen and oxygen atoms in total. The minimum atomic E-state index is -1.08. The van der Waals surface area contributed by atoms with Gasteiger partial charge in [-0.1, -0.05) is 41.9 Å². The number of amides is 1. The number of H-pyrrole nitrogens is 2. The topological polar surface area (TPSA) is 111 Å². The van der Waals surface area contributed by atoms with Crippen LogP contribution in [0.5, 0.6) is 0 Å². The number of carbonyl (C=O) groups is 2. The van der Waals surface area contributed by atoms with Gasteiger partial charge in [-0.15, -0.1) is 0 Å². The van der Waals surface area contributed by atoms with E-state index in [9.17, 15) is 14.7 Å². The molecule has 0 radical (unpaired) electrons. The summed E-state index contributed by atoms with van der Waals surface area (Å²) in [5.41, 5.74) is 4.71. The average molecular weight is 437 g/mol. The summed E-state index contributed by atoms with van der Waals surface area (Å²) in [5, 5.41) is 21.1. The summed E-state index contributed by atoms with van der Waals surface area (Å²) in [5.74, 6) is -1.47. The molecule has 0 aliphatic rings. The van der Waals surface area contributed by atoms with E-state index in [2.05, 4.69) is 20.5 Å². The molecule has 2 heterocycles. The van der Waals surface area contributed by atoms with Crippen LogP contribution in [0.3, 0.4) is 0 Å². The second kappa shape index (κ2) is 8.65. The number of fused-ring (bicyclic) bond motifs is 1. The molecule has 0 aliphatic heterocycles. The maximum absolute atomic E-state index is 12.8. The van der Waals surface area contributed by atoms with Crippen molar-refractivity contribution < 1.29 is 14.7 Å². The zero-order chi connectivity index (χ0) is 22.0. The lowest BCUT2D eigenvalue weighted by Gasteiger charge is -2.14. The summed E-state index contributed by atoms with van der Waals surface area (Å²) in [7, 11) is 0. The quantitative estimate of drug-likeness (QED) is 0.352. The molecule has 0 saturated carbocycles. The minimum Gasteiger partial charge on any atom is -0.480 e. The molecule has 2 aromatic heterocycles. The largest absolute Gasteiger partial charge is 0.480 e. The average Bonchev–Trinajstić information content (AvgIpc) is 3.32. The van der Waals surface area contributed by atoms with Gasteiger partial charge in [-0.3, -0.25) is 9.89 Å². The fourth-order valence-corrected chi connectivity index (χ4v) is 3.77. The number of aromatic amines is 2. The number of aryl methyl sites for hydroxylation is 1. The number of benzene rings is 2. The molecule has 8 heteroatoms. The van der Waals surface area contributed by atoms with Gasteiger partial charge in [0.2, 0.25) is 5.91 Å². The predicted molar refractivity (Wildman–Crippen MR) is 119 cm³/mol. The fraction of sp³-hybridized carbons (Fsp3) is 0.174. The van der Waals surface area contributed by atoms with Crippen LogP contribution in [0.25, 0.3) is 22.2 Å². The first-order valence-electron chi connectivity index (χ1n) is 9.79. The van der Waals surface area contributed by atoms with Gasteiger partial charge >= 0.3 is 5.97 Å². The van der Waals surface area contributed by atoms with Crippen molar-refractivity contribution in [1.29, 1.82) is 0 Å². The van der Waals surface area contributed by atoms with E-state index in [0.29, 0.717) is 10.7 Å². The number of halogens is 1. The number of aromatic nitrogens is 3. The van der Waals surface area contributed by atoms with Crippen molar-refractivity contribution in [2.24, 2.45) is 0 Å². The van der Waals surface area contributed by atoms with Crippen LogP contribution in [0.2, 0.25) is 5.02 Å². The number of carboxylic acids is 1. The number of carbonyl (C=O) groups excluding carboxylic acids is 1. The molecule has 0 spiro atoms. The van der Waals surface area contributed by atoms with Crippen LogP contribution < -0.4 is 5.32 Å². The molecule has 4 rings (SSSR count). The molecule has 4 aromatic rings. The first-order valence-corrected chi connectivity index (χ1v) is 10.2. The maximum Gasteiger partial charge on any atom is 0.326 e. The number of aliphatic carboxylic acids is 1. The Kier molecular flexibility index (Phi) is 5.77. The number of nitrogens with one attached hydrogen (secondary N) is 3. The minimum absolute atomic E-state index is 0.0119. The molecular weight excluding hydrogens is 416 g/mol. The second-order valence-corrected chi connectivity index (χ2v) is 7.82. The Bertz CT molecular complexity index is 1240. The van der Waals surface area contributed by atoms with Crippen molar-refractivity contribution >= 4 is 34.4 Å². The van der Waals surface area contributed by atoms with Crippen LogP contribution in [-0.2, 0) is 22.4 Å². The number of nitrogens with zero attached hydrogens (tertiary/aromatic N) is 1. The van der Waals surface area contributed by atoms with E-state index in [0.717, 1.165) is 33.3 Å². The van der Waals surface area contributed by atoms with Gasteiger partial charge in [0.1, 0.15) is 6.04 Å². The normalized spacial score (nSPS) is 12.1. The number of para-hydroxylation sites is 1. The molecule has 4 N–H and O–H groups in total. The zero-order valence-corrected chi connectivity index (χ0v) is 17.5. The van der Waals surface area contributed by atoms with Crippen LogP contribution in [0.1, 0.15) is 16.8 Å². The van der Waals surface area contributed by atoms with Crippen molar-refractivity contribution in [3.63, 3.8) is 0 Å². The standard InChI is InChI=1S/C23H21ClN4O3/c1-13-18(22(28-27-13)14-6-8-16(24)9-7-14)11-21(29)26-20(23(30)31)10-15-12-25-19-5-3-2-4-17(15)19/h2-9,12,20,25H,10-11H2,1H3,(H,26,29)(H,27,28)(H,30,31)/t20-/m1/s1. The van der Waals surface area contributed by atoms with E-state index in [1.807, 2.05) is 43.3 Å². The van der Waals surface area contributed by atoms with Crippen LogP contribution >= 0.6 is 11.6 Å². The lowest BCUT2D eigenvalue weighted by atomic mass is 10.0. The zero-order valence-electron chi connectivity index (χ0n) is 16.8. The summed E-state index contributed by atoms with van der Waals surface area (Å²) < 4.78 is 0. The molecule has 1 amide bonds. The molecule has 0 unspecified atom stereocenters. The number of carboxylic acid groups (broad SMARTS) is 1. The summed E-state index contributed by atoms with van der Waals surface area (Å²) in [4.78, 5) is 27.7. The second-order valence-electron chi connectivity index (χ2n) is 7.38. The van der Waals surface area contributed by atoms with Crippen molar-refractivity contribution in [3.8, 4) is 11.3 Å². The Morgan fingerprint density at radius 3 is 2.65 bits per heavy atom. The van der Waals surface area contributed by atoms with Crippen molar-refractivity contribution in [1.82, 2.24) is 20.5 Å². The Hall–Kier alpha value is -3.58. The number of hydrogen-bond acceptors (Lipinski definition) is 3. The van der Waals surface area contributed by atoms with Gasteiger partial charge in [-0.05, 0) is 30.7 Å². The lowest BCUT2D eigenvalue weighted by Crippen LogP contribution is -2.43. The number of hydrogen-bond donors (Lipinski definition) is 4. The van der Waals surface area contributed by atoms with Crippen molar-refractivity contribution in [2.75, 3.05) is 0 Å². The van der Waals surface area contributed by atoms with Gasteiger partial charge in [0.15, 0.2) is 0 Å². The predicted octanol–water partition coefficient (Wildman–Crippen LogP) is 3.87. The van der Waals surface area contributed by atoms with Crippen LogP contribution in [0, 0.1) is 6.92 Å². The summed E-state index contributed by atoms with van der Waals surface area (Å²) in [6, 6.07) is 13.8. The Morgan fingerprint density at radius 1 is 1.16 bits per heavy atom. The van der Waals surface area contributed by atoms with Crippen LogP contribution in [0.15, 0.2) is 54.7 Å². The third-order valence-corrected chi connectivity index (χ3v) is 5.51. The first kappa shape index (κ1) is 20.7. The highest BCUT2D eigenvalue weighted by Crippen LogP contribution is 2.26. The van der Waals surface area contributed by atoms with E-state index < -0.39 is 12.0 Å². The summed E-state index contributed by atoms with van der Waals surface area (Å²) in [6.07, 6.45) is 1.98. The van der Waals surface area contributed by atoms with Crippen molar-refractivity contribution in [3.05, 3.63) is 76.6 Å². The van der Waals surface area contributed by atoms with Gasteiger partial charge in [0.05, 0.1) is 12.1 Å². The van der Waals surface area contributed by atoms with E-state index in [1.165, 1.54) is 0 Å². The Morgan fingerprint density at radius 2 is 1.90 bits per heavy atom. The third-order valence-electron chi connectivity index (χ3n) is 5.26. The van der Waals surface area contributed by atoms with E-state index >= 15 is 0 Å². The van der Waals surface area contributed by atoms with Crippen LogP contribution in [-0.4, -0.2) is 38.2 Å². The molecule has 0 bridgehead atoms. The van der Waals surface area contributed by atoms with Gasteiger partial charge in [0.25, 0.3) is 0 Å². The van der Waals surface area contributed by atoms with Gasteiger partial charge in [-0.2, -0.15) is 5.10 Å². The molecule has 2 aromatic carbocycles. The molecule has 0 fully saturated rings. The number of rotatable bonds is 7. The van der Waals surface area contributed by atoms with Crippen LogP contribution in [0.4, 0.5) is 0 Å². The summed E-state index contributed by atoms with van der Waals surface area (Å²) in [6.45, 7) is 1.83. The molecular formula is C23H21ClN4O3. The van der Waals surface area contributed by atoms with Crippen molar-refractivity contribution in [2.45, 2.75) is 25.8 Å². The van der Waals surface area contributed by atoms with E-state index in [-0.39, 0.29) is 18.7 Å². The highest BCUT2D eigenvalue weighted by atomic mass is 35.5. The maximum atomic E-state index is 12.8. The van der Waals surface area contributed by atoms with E-state index in [4.69, 9.17) is 11.6 Å². The molecule has 31 heavy (non-hydrogen) atoms. The highest BCUT2D eigenvalue weighted by Gasteiger charge is 2.23. The summed E-state index contributed by atoms with van der Waals surface area (Å²) >= 11 is 5.96. The Labute approximate surface area is 183 Å². The Balaban J connectivity index is 1.51. The third kappa shape index (κ3) is 4.46. The molecule has 0 aliphatic carbocycles. The molecule has 0 saturated heterocycles. The van der Waals surface area contributed by atoms with Gasteiger partial charge < -0.3 is 15.4 Å². The van der Waals surface area contributed by atoms with Gasteiger partial charge in [0, 0.05) is 45.4 Å². The van der Waals surface area contributed by atoms with Gasteiger partial charge in [-0.25, -0.2) is 4.79 Å². The molecule has 1 atom stereocenters. The highest BCUT2D eigenvalue weighted by molar-refractivity contribution is 6.30. The smallest absolute Gasteiger partial charge is 0.326 e. The first-order chi connectivity index (χ1) is 14.9. The SMILES string of the molecule is Cc1[nH]nc(-c2ccc(Cl)cc2)c1CC(=O)N[C@H](Cc1c[nH]c2ccccc12)C(=O)O. The lowest BCUT2D eigenvalue weighted by molar-refractivity contribution is -0.141.